The molecule has 2 atom stereocenters. The number of likely N-dealkylation sites (tertiary alicyclic amines) is 1. The maximum atomic E-state index is 12.3. The summed E-state index contributed by atoms with van der Waals surface area (Å²) in [4.78, 5) is 14.3. The van der Waals surface area contributed by atoms with Gasteiger partial charge in [-0.1, -0.05) is 20.8 Å². The molecule has 2 aliphatic rings. The smallest absolute Gasteiger partial charge is 0.319 e. The molecule has 2 fully saturated rings. The first-order chi connectivity index (χ1) is 9.35. The van der Waals surface area contributed by atoms with E-state index in [1.54, 1.807) is 7.11 Å². The second-order valence-electron chi connectivity index (χ2n) is 7.37. The van der Waals surface area contributed by atoms with E-state index in [1.807, 2.05) is 4.90 Å². The fraction of sp³-hybridized carbons (Fsp3) is 0.933. The highest BCUT2D eigenvalue weighted by molar-refractivity contribution is 5.75. The molecule has 0 aromatic rings. The molecular formula is C15H28N2O3. The van der Waals surface area contributed by atoms with Crippen LogP contribution in [0.4, 0.5) is 4.79 Å². The first-order valence-electron chi connectivity index (χ1n) is 7.46. The van der Waals surface area contributed by atoms with E-state index < -0.39 is 0 Å². The van der Waals surface area contributed by atoms with Gasteiger partial charge in [-0.2, -0.15) is 0 Å². The van der Waals surface area contributed by atoms with E-state index in [4.69, 9.17) is 9.47 Å². The Kier molecular flexibility index (Phi) is 4.59. The number of fused-ring (bicyclic) bond motifs is 2. The van der Waals surface area contributed by atoms with Gasteiger partial charge in [0, 0.05) is 19.7 Å². The summed E-state index contributed by atoms with van der Waals surface area (Å²) in [6.45, 7) is 9.11. The number of carbonyl (C=O) groups excluding carboxylic acids is 1. The predicted octanol–water partition coefficient (Wildman–Crippen LogP) is 2.22. The molecule has 1 heterocycles. The lowest BCUT2D eigenvalue weighted by molar-refractivity contribution is 0.0609. The number of hydrogen-bond acceptors (Lipinski definition) is 3. The van der Waals surface area contributed by atoms with Crippen molar-refractivity contribution in [2.24, 2.45) is 10.8 Å². The lowest BCUT2D eigenvalue weighted by atomic mass is 9.65. The second-order valence-corrected chi connectivity index (χ2v) is 7.37. The number of rotatable bonds is 5. The number of amides is 2. The quantitative estimate of drug-likeness (QED) is 0.622. The summed E-state index contributed by atoms with van der Waals surface area (Å²) in [6.07, 6.45) is 3.43. The molecule has 5 heteroatoms. The first kappa shape index (κ1) is 15.6. The average molecular weight is 284 g/mol. The molecule has 116 valence electrons. The molecule has 0 aromatic heterocycles. The van der Waals surface area contributed by atoms with E-state index in [0.29, 0.717) is 24.7 Å². The molecule has 2 unspecified atom stereocenters. The molecule has 1 saturated heterocycles. The van der Waals surface area contributed by atoms with Crippen LogP contribution >= 0.6 is 0 Å². The molecule has 20 heavy (non-hydrogen) atoms. The van der Waals surface area contributed by atoms with Crippen LogP contribution in [0.1, 0.15) is 40.0 Å². The van der Waals surface area contributed by atoms with Crippen molar-refractivity contribution < 1.29 is 14.3 Å². The number of urea groups is 1. The van der Waals surface area contributed by atoms with Gasteiger partial charge in [-0.05, 0) is 30.1 Å². The van der Waals surface area contributed by atoms with Crippen molar-refractivity contribution in [2.75, 3.05) is 33.6 Å². The van der Waals surface area contributed by atoms with Crippen molar-refractivity contribution in [3.8, 4) is 0 Å². The summed E-state index contributed by atoms with van der Waals surface area (Å²) in [7, 11) is 1.63. The van der Waals surface area contributed by atoms with Crippen LogP contribution in [0.2, 0.25) is 0 Å². The monoisotopic (exact) mass is 284 g/mol. The fourth-order valence-corrected chi connectivity index (χ4v) is 4.13. The van der Waals surface area contributed by atoms with E-state index in [1.165, 1.54) is 6.42 Å². The highest BCUT2D eigenvalue weighted by atomic mass is 16.5. The summed E-state index contributed by atoms with van der Waals surface area (Å²) in [5.41, 5.74) is 0.613. The minimum atomic E-state index is 0.00819. The molecule has 2 bridgehead atoms. The zero-order chi connectivity index (χ0) is 14.8. The van der Waals surface area contributed by atoms with Crippen LogP contribution in [0, 0.1) is 10.8 Å². The molecule has 5 nitrogen and oxygen atoms in total. The van der Waals surface area contributed by atoms with Gasteiger partial charge in [0.25, 0.3) is 0 Å². The fourth-order valence-electron chi connectivity index (χ4n) is 4.13. The van der Waals surface area contributed by atoms with Crippen molar-refractivity contribution in [2.45, 2.75) is 46.1 Å². The molecule has 2 amide bonds. The maximum absolute atomic E-state index is 12.3. The standard InChI is InChI=1S/C15H28N2O3/c1-14(2)7-12-8-15(3,9-14)10-17(12)13(18)16-11-20-6-5-19-4/h12H,5-11H2,1-4H3,(H,16,18). The van der Waals surface area contributed by atoms with Crippen LogP contribution in [-0.4, -0.2) is 50.6 Å². The number of nitrogens with one attached hydrogen (secondary N) is 1. The Bertz CT molecular complexity index is 359. The third kappa shape index (κ3) is 3.64. The Morgan fingerprint density at radius 1 is 1.30 bits per heavy atom. The van der Waals surface area contributed by atoms with Crippen LogP contribution in [0.3, 0.4) is 0 Å². The van der Waals surface area contributed by atoms with Crippen LogP contribution in [-0.2, 0) is 9.47 Å². The summed E-state index contributed by atoms with van der Waals surface area (Å²) >= 11 is 0. The highest BCUT2D eigenvalue weighted by Gasteiger charge is 2.50. The van der Waals surface area contributed by atoms with Gasteiger partial charge in [0.05, 0.1) is 13.2 Å². The summed E-state index contributed by atoms with van der Waals surface area (Å²) in [6, 6.07) is 0.386. The van der Waals surface area contributed by atoms with Gasteiger partial charge >= 0.3 is 6.03 Å². The van der Waals surface area contributed by atoms with Crippen molar-refractivity contribution in [1.82, 2.24) is 10.2 Å². The minimum Gasteiger partial charge on any atom is -0.382 e. The Hall–Kier alpha value is -0.810. The molecule has 0 aromatic carbocycles. The van der Waals surface area contributed by atoms with E-state index in [9.17, 15) is 4.79 Å². The van der Waals surface area contributed by atoms with Gasteiger partial charge in [0.2, 0.25) is 0 Å². The van der Waals surface area contributed by atoms with Gasteiger partial charge in [0.15, 0.2) is 0 Å². The Balaban J connectivity index is 1.83. The number of ether oxygens (including phenoxy) is 2. The molecule has 0 radical (unpaired) electrons. The highest BCUT2D eigenvalue weighted by Crippen LogP contribution is 2.52. The van der Waals surface area contributed by atoms with Crippen molar-refractivity contribution in [3.63, 3.8) is 0 Å². The largest absolute Gasteiger partial charge is 0.382 e. The van der Waals surface area contributed by atoms with E-state index in [0.717, 1.165) is 19.4 Å². The van der Waals surface area contributed by atoms with E-state index in [2.05, 4.69) is 26.1 Å². The van der Waals surface area contributed by atoms with Gasteiger partial charge in [-0.25, -0.2) is 4.79 Å². The van der Waals surface area contributed by atoms with E-state index in [-0.39, 0.29) is 18.2 Å². The first-order valence-corrected chi connectivity index (χ1v) is 7.46. The predicted molar refractivity (Wildman–Crippen MR) is 77.5 cm³/mol. The van der Waals surface area contributed by atoms with Crippen molar-refractivity contribution in [1.29, 1.82) is 0 Å². The van der Waals surface area contributed by atoms with Crippen LogP contribution in [0.25, 0.3) is 0 Å². The molecule has 2 rings (SSSR count). The normalized spacial score (nSPS) is 31.4. The maximum Gasteiger partial charge on any atom is 0.319 e. The number of methoxy groups -OCH3 is 1. The van der Waals surface area contributed by atoms with Crippen molar-refractivity contribution in [3.05, 3.63) is 0 Å². The van der Waals surface area contributed by atoms with Crippen LogP contribution in [0.15, 0.2) is 0 Å². The third-order valence-electron chi connectivity index (χ3n) is 4.43. The SMILES string of the molecule is COCCOCNC(=O)N1CC2(C)CC1CC(C)(C)C2. The Morgan fingerprint density at radius 2 is 2.05 bits per heavy atom. The van der Waals surface area contributed by atoms with Crippen molar-refractivity contribution >= 4 is 6.03 Å². The van der Waals surface area contributed by atoms with Gasteiger partial charge < -0.3 is 19.7 Å². The average Bonchev–Trinajstić information content (AvgIpc) is 2.58. The molecule has 1 aliphatic carbocycles. The lowest BCUT2D eigenvalue weighted by Gasteiger charge is -2.39. The lowest BCUT2D eigenvalue weighted by Crippen LogP contribution is -2.44. The second kappa shape index (κ2) is 5.90. The zero-order valence-corrected chi connectivity index (χ0v) is 13.2. The molecule has 1 saturated carbocycles. The summed E-state index contributed by atoms with van der Waals surface area (Å²) in [5, 5.41) is 2.85. The molecular weight excluding hydrogens is 256 g/mol. The summed E-state index contributed by atoms with van der Waals surface area (Å²) < 4.78 is 10.2. The van der Waals surface area contributed by atoms with Gasteiger partial charge in [0.1, 0.15) is 6.73 Å². The van der Waals surface area contributed by atoms with Gasteiger partial charge in [-0.15, -0.1) is 0 Å². The number of hydrogen-bond donors (Lipinski definition) is 1. The molecule has 1 aliphatic heterocycles. The molecule has 0 spiro atoms. The topological polar surface area (TPSA) is 50.8 Å². The number of nitrogens with zero attached hydrogens (tertiary/aromatic N) is 1. The van der Waals surface area contributed by atoms with Crippen LogP contribution < -0.4 is 5.32 Å². The summed E-state index contributed by atoms with van der Waals surface area (Å²) in [5.74, 6) is 0. The van der Waals surface area contributed by atoms with Crippen LogP contribution in [0.5, 0.6) is 0 Å². The minimum absolute atomic E-state index is 0.00819. The Morgan fingerprint density at radius 3 is 2.75 bits per heavy atom. The zero-order valence-electron chi connectivity index (χ0n) is 13.2. The third-order valence-corrected chi connectivity index (χ3v) is 4.43. The number of carbonyl (C=O) groups is 1. The molecule has 1 N–H and O–H groups in total. The Labute approximate surface area is 122 Å². The van der Waals surface area contributed by atoms with Gasteiger partial charge in [-0.3, -0.25) is 0 Å². The van der Waals surface area contributed by atoms with E-state index >= 15 is 0 Å².